The quantitative estimate of drug-likeness (QED) is 0.819. The van der Waals surface area contributed by atoms with Gasteiger partial charge in [0, 0.05) is 13.6 Å². The van der Waals surface area contributed by atoms with Gasteiger partial charge in [0.2, 0.25) is 0 Å². The third kappa shape index (κ3) is 4.01. The minimum Gasteiger partial charge on any atom is -0.340 e. The van der Waals surface area contributed by atoms with E-state index in [1.54, 1.807) is 7.05 Å². The zero-order valence-corrected chi connectivity index (χ0v) is 13.3. The van der Waals surface area contributed by atoms with Gasteiger partial charge in [-0.2, -0.15) is 0 Å². The Balaban J connectivity index is 2.10. The van der Waals surface area contributed by atoms with Gasteiger partial charge in [-0.25, -0.2) is 23.1 Å². The Morgan fingerprint density at radius 3 is 2.54 bits per heavy atom. The molecule has 0 spiro atoms. The number of benzene rings is 1. The molecule has 0 aliphatic rings. The van der Waals surface area contributed by atoms with Crippen molar-refractivity contribution >= 4 is 17.4 Å². The van der Waals surface area contributed by atoms with E-state index in [0.29, 0.717) is 6.54 Å². The maximum atomic E-state index is 13.6. The molecule has 1 heterocycles. The Morgan fingerprint density at radius 2 is 1.92 bits per heavy atom. The monoisotopic (exact) mass is 338 g/mol. The summed E-state index contributed by atoms with van der Waals surface area (Å²) in [5.74, 6) is -4.37. The summed E-state index contributed by atoms with van der Waals surface area (Å²) in [4.78, 5) is 21.6. The van der Waals surface area contributed by atoms with Crippen LogP contribution in [0.1, 0.15) is 30.3 Å². The van der Waals surface area contributed by atoms with E-state index in [1.807, 2.05) is 6.92 Å². The molecule has 0 aliphatic heterocycles. The van der Waals surface area contributed by atoms with Crippen molar-refractivity contribution in [3.63, 3.8) is 0 Å². The summed E-state index contributed by atoms with van der Waals surface area (Å²) in [6.45, 7) is 2.63. The van der Waals surface area contributed by atoms with Crippen molar-refractivity contribution in [3.05, 3.63) is 47.7 Å². The number of halogens is 3. The highest BCUT2D eigenvalue weighted by atomic mass is 19.2. The Bertz CT molecular complexity index is 722. The average molecular weight is 338 g/mol. The molecule has 1 amide bonds. The molecule has 0 unspecified atom stereocenters. The largest absolute Gasteiger partial charge is 0.340 e. The van der Waals surface area contributed by atoms with Gasteiger partial charge in [-0.1, -0.05) is 13.3 Å². The molecule has 0 atom stereocenters. The van der Waals surface area contributed by atoms with E-state index in [1.165, 1.54) is 17.3 Å². The molecule has 8 heteroatoms. The van der Waals surface area contributed by atoms with Crippen LogP contribution in [0.3, 0.4) is 0 Å². The Hall–Kier alpha value is -2.64. The van der Waals surface area contributed by atoms with Gasteiger partial charge in [-0.05, 0) is 18.6 Å². The number of anilines is 2. The van der Waals surface area contributed by atoms with Crippen molar-refractivity contribution in [2.75, 3.05) is 18.9 Å². The fourth-order valence-corrected chi connectivity index (χ4v) is 1.96. The lowest BCUT2D eigenvalue weighted by molar-refractivity contribution is 0.0787. The van der Waals surface area contributed by atoms with E-state index in [2.05, 4.69) is 15.3 Å². The number of carbonyl (C=O) groups excluding carboxylic acids is 1. The van der Waals surface area contributed by atoms with Crippen LogP contribution in [0.2, 0.25) is 0 Å². The smallest absolute Gasteiger partial charge is 0.273 e. The van der Waals surface area contributed by atoms with Crippen LogP contribution in [0.4, 0.5) is 24.7 Å². The maximum absolute atomic E-state index is 13.6. The van der Waals surface area contributed by atoms with Gasteiger partial charge >= 0.3 is 0 Å². The number of aromatic nitrogens is 2. The lowest BCUT2D eigenvalue weighted by Crippen LogP contribution is -2.28. The zero-order valence-electron chi connectivity index (χ0n) is 13.3. The van der Waals surface area contributed by atoms with Crippen molar-refractivity contribution in [1.29, 1.82) is 0 Å². The zero-order chi connectivity index (χ0) is 17.7. The first-order chi connectivity index (χ1) is 11.4. The standard InChI is InChI=1S/C16H17F3N4O/c1-3-4-7-23(2)16(24)12-8-21-13(9-20-12)22-11-6-5-10(17)14(18)15(11)19/h5-6,8-9H,3-4,7H2,1-2H3,(H,21,22). The van der Waals surface area contributed by atoms with Crippen LogP contribution in [0, 0.1) is 17.5 Å². The van der Waals surface area contributed by atoms with Crippen LogP contribution in [0.5, 0.6) is 0 Å². The Labute approximate surface area is 137 Å². The number of carbonyl (C=O) groups is 1. The van der Waals surface area contributed by atoms with Gasteiger partial charge < -0.3 is 10.2 Å². The number of unbranched alkanes of at least 4 members (excludes halogenated alkanes) is 1. The van der Waals surface area contributed by atoms with Crippen molar-refractivity contribution in [2.45, 2.75) is 19.8 Å². The first-order valence-electron chi connectivity index (χ1n) is 7.42. The summed E-state index contributed by atoms with van der Waals surface area (Å²) in [6.07, 6.45) is 4.31. The van der Waals surface area contributed by atoms with E-state index in [0.717, 1.165) is 25.0 Å². The molecule has 0 saturated heterocycles. The predicted octanol–water partition coefficient (Wildman–Crippen LogP) is 3.51. The van der Waals surface area contributed by atoms with Gasteiger partial charge in [0.1, 0.15) is 11.5 Å². The highest BCUT2D eigenvalue weighted by Gasteiger charge is 2.15. The first kappa shape index (κ1) is 17.7. The Morgan fingerprint density at radius 1 is 1.17 bits per heavy atom. The van der Waals surface area contributed by atoms with E-state index in [4.69, 9.17) is 0 Å². The third-order valence-corrected chi connectivity index (χ3v) is 3.36. The SMILES string of the molecule is CCCCN(C)C(=O)c1cnc(Nc2ccc(F)c(F)c2F)cn1. The second kappa shape index (κ2) is 7.76. The molecule has 2 aromatic rings. The van der Waals surface area contributed by atoms with Crippen LogP contribution >= 0.6 is 0 Å². The lowest BCUT2D eigenvalue weighted by atomic mass is 10.3. The summed E-state index contributed by atoms with van der Waals surface area (Å²) in [5, 5.41) is 2.49. The van der Waals surface area contributed by atoms with Crippen molar-refractivity contribution in [2.24, 2.45) is 0 Å². The molecule has 0 bridgehead atoms. The fraction of sp³-hybridized carbons (Fsp3) is 0.312. The normalized spacial score (nSPS) is 10.5. The molecule has 1 aromatic carbocycles. The van der Waals surface area contributed by atoms with Crippen molar-refractivity contribution in [1.82, 2.24) is 14.9 Å². The number of rotatable bonds is 6. The number of nitrogens with one attached hydrogen (secondary N) is 1. The van der Waals surface area contributed by atoms with Gasteiger partial charge in [0.05, 0.1) is 18.1 Å². The minimum absolute atomic E-state index is 0.104. The van der Waals surface area contributed by atoms with Crippen molar-refractivity contribution in [3.8, 4) is 0 Å². The average Bonchev–Trinajstić information content (AvgIpc) is 2.60. The molecule has 1 N–H and O–H groups in total. The van der Waals surface area contributed by atoms with Crippen LogP contribution in [0.25, 0.3) is 0 Å². The first-order valence-corrected chi connectivity index (χ1v) is 7.42. The van der Waals surface area contributed by atoms with Crippen molar-refractivity contribution < 1.29 is 18.0 Å². The van der Waals surface area contributed by atoms with Crippen LogP contribution in [0.15, 0.2) is 24.5 Å². The Kier molecular flexibility index (Phi) is 5.73. The maximum Gasteiger partial charge on any atom is 0.273 e. The van der Waals surface area contributed by atoms with Gasteiger partial charge in [-0.15, -0.1) is 0 Å². The molecule has 0 radical (unpaired) electrons. The molecular formula is C16H17F3N4O. The number of hydrogen-bond acceptors (Lipinski definition) is 4. The summed E-state index contributed by atoms with van der Waals surface area (Å²) < 4.78 is 39.7. The summed E-state index contributed by atoms with van der Waals surface area (Å²) >= 11 is 0. The van der Waals surface area contributed by atoms with E-state index >= 15 is 0 Å². The molecular weight excluding hydrogens is 321 g/mol. The van der Waals surface area contributed by atoms with E-state index in [9.17, 15) is 18.0 Å². The van der Waals surface area contributed by atoms with E-state index < -0.39 is 17.5 Å². The van der Waals surface area contributed by atoms with Crippen LogP contribution < -0.4 is 5.32 Å². The summed E-state index contributed by atoms with van der Waals surface area (Å²) in [7, 11) is 1.67. The van der Waals surface area contributed by atoms with Crippen LogP contribution in [-0.2, 0) is 0 Å². The van der Waals surface area contributed by atoms with E-state index in [-0.39, 0.29) is 23.1 Å². The molecule has 5 nitrogen and oxygen atoms in total. The molecule has 2 rings (SSSR count). The van der Waals surface area contributed by atoms with Gasteiger partial charge in [0.25, 0.3) is 5.91 Å². The molecule has 128 valence electrons. The van der Waals surface area contributed by atoms with Gasteiger partial charge in [0.15, 0.2) is 17.5 Å². The summed E-state index contributed by atoms with van der Waals surface area (Å²) in [6, 6.07) is 1.85. The predicted molar refractivity (Wildman–Crippen MR) is 83.5 cm³/mol. The number of hydrogen-bond donors (Lipinski definition) is 1. The van der Waals surface area contributed by atoms with Gasteiger partial charge in [-0.3, -0.25) is 4.79 Å². The summed E-state index contributed by atoms with van der Waals surface area (Å²) in [5.41, 5.74) is -0.132. The molecule has 24 heavy (non-hydrogen) atoms. The third-order valence-electron chi connectivity index (χ3n) is 3.36. The number of amides is 1. The second-order valence-corrected chi connectivity index (χ2v) is 5.22. The molecule has 0 saturated carbocycles. The molecule has 0 fully saturated rings. The van der Waals surface area contributed by atoms with Crippen LogP contribution in [-0.4, -0.2) is 34.4 Å². The highest BCUT2D eigenvalue weighted by Crippen LogP contribution is 2.22. The second-order valence-electron chi connectivity index (χ2n) is 5.22. The molecule has 0 aliphatic carbocycles. The fourth-order valence-electron chi connectivity index (χ4n) is 1.96. The lowest BCUT2D eigenvalue weighted by Gasteiger charge is -2.16. The number of nitrogens with zero attached hydrogens (tertiary/aromatic N) is 3. The minimum atomic E-state index is -1.57. The topological polar surface area (TPSA) is 58.1 Å². The molecule has 1 aromatic heterocycles. The highest BCUT2D eigenvalue weighted by molar-refractivity contribution is 5.91.